The Labute approximate surface area is 112 Å². The second kappa shape index (κ2) is 4.62. The van der Waals surface area contributed by atoms with Crippen LogP contribution in [-0.4, -0.2) is 29.3 Å². The number of aliphatic hydroxyl groups is 1. The average molecular weight is 261 g/mol. The fourth-order valence-electron chi connectivity index (χ4n) is 3.00. The first-order valence-electron chi connectivity index (χ1n) is 6.81. The highest BCUT2D eigenvalue weighted by molar-refractivity contribution is 5.85. The minimum absolute atomic E-state index is 0.120. The zero-order valence-electron chi connectivity index (χ0n) is 11.1. The lowest BCUT2D eigenvalue weighted by atomic mass is 10.00. The Balaban J connectivity index is 1.78. The molecule has 1 aromatic rings. The van der Waals surface area contributed by atoms with Crippen molar-refractivity contribution in [3.8, 4) is 0 Å². The van der Waals surface area contributed by atoms with Gasteiger partial charge in [-0.25, -0.2) is 0 Å². The van der Waals surface area contributed by atoms with E-state index < -0.39 is 11.7 Å². The first kappa shape index (κ1) is 12.6. The van der Waals surface area contributed by atoms with E-state index in [4.69, 9.17) is 4.74 Å². The molecule has 1 aromatic carbocycles. The summed E-state index contributed by atoms with van der Waals surface area (Å²) in [5, 5.41) is 13.1. The fourth-order valence-corrected chi connectivity index (χ4v) is 3.00. The number of ether oxygens (including phenoxy) is 1. The Morgan fingerprint density at radius 1 is 1.47 bits per heavy atom. The quantitative estimate of drug-likeness (QED) is 0.844. The van der Waals surface area contributed by atoms with Crippen LogP contribution in [0.4, 0.5) is 0 Å². The monoisotopic (exact) mass is 261 g/mol. The van der Waals surface area contributed by atoms with Gasteiger partial charge in [0, 0.05) is 13.0 Å². The summed E-state index contributed by atoms with van der Waals surface area (Å²) in [5.41, 5.74) is 1.39. The molecule has 1 saturated heterocycles. The van der Waals surface area contributed by atoms with Crippen LogP contribution in [0.3, 0.4) is 0 Å². The summed E-state index contributed by atoms with van der Waals surface area (Å²) >= 11 is 0. The Bertz CT molecular complexity index is 494. The minimum atomic E-state index is -0.739. The highest BCUT2D eigenvalue weighted by Gasteiger charge is 2.41. The molecule has 19 heavy (non-hydrogen) atoms. The topological polar surface area (TPSA) is 58.6 Å². The molecule has 3 atom stereocenters. The molecule has 1 heterocycles. The smallest absolute Gasteiger partial charge is 0.252 e. The maximum Gasteiger partial charge on any atom is 0.252 e. The van der Waals surface area contributed by atoms with Gasteiger partial charge in [0.2, 0.25) is 0 Å². The van der Waals surface area contributed by atoms with Crippen LogP contribution in [0.1, 0.15) is 36.9 Å². The van der Waals surface area contributed by atoms with Crippen molar-refractivity contribution < 1.29 is 14.6 Å². The van der Waals surface area contributed by atoms with Crippen LogP contribution in [0.2, 0.25) is 0 Å². The van der Waals surface area contributed by atoms with Gasteiger partial charge in [-0.2, -0.15) is 0 Å². The van der Waals surface area contributed by atoms with Crippen molar-refractivity contribution >= 4 is 5.91 Å². The number of carbonyl (C=O) groups is 1. The van der Waals surface area contributed by atoms with Crippen LogP contribution < -0.4 is 5.32 Å². The summed E-state index contributed by atoms with van der Waals surface area (Å²) in [5.74, 6) is -0.120. The number of hydrogen-bond acceptors (Lipinski definition) is 3. The van der Waals surface area contributed by atoms with Crippen LogP contribution >= 0.6 is 0 Å². The van der Waals surface area contributed by atoms with Gasteiger partial charge in [0.25, 0.3) is 5.91 Å². The van der Waals surface area contributed by atoms with E-state index in [2.05, 4.69) is 5.32 Å². The van der Waals surface area contributed by atoms with Gasteiger partial charge in [-0.15, -0.1) is 0 Å². The zero-order chi connectivity index (χ0) is 13.5. The van der Waals surface area contributed by atoms with E-state index >= 15 is 0 Å². The molecule has 2 aliphatic rings. The Morgan fingerprint density at radius 3 is 3.00 bits per heavy atom. The summed E-state index contributed by atoms with van der Waals surface area (Å²) in [6.45, 7) is 2.45. The molecule has 2 N–H and O–H groups in total. The van der Waals surface area contributed by atoms with Gasteiger partial charge in [0.05, 0.1) is 12.1 Å². The molecule has 1 fully saturated rings. The second-order valence-corrected chi connectivity index (χ2v) is 5.60. The number of carbonyl (C=O) groups excluding carboxylic acids is 1. The summed E-state index contributed by atoms with van der Waals surface area (Å²) in [6, 6.07) is 7.54. The SMILES string of the molecule is CC1(C(=O)N[C@H]2c3ccccc3C[C@H]2O)CCCO1. The summed E-state index contributed by atoms with van der Waals surface area (Å²) in [6.07, 6.45) is 1.70. The predicted molar refractivity (Wildman–Crippen MR) is 70.6 cm³/mol. The lowest BCUT2D eigenvalue weighted by Crippen LogP contribution is -2.47. The van der Waals surface area contributed by atoms with Crippen LogP contribution in [0.15, 0.2) is 24.3 Å². The van der Waals surface area contributed by atoms with Gasteiger partial charge in [0.1, 0.15) is 5.60 Å². The van der Waals surface area contributed by atoms with Gasteiger partial charge < -0.3 is 15.2 Å². The Hall–Kier alpha value is -1.39. The summed E-state index contributed by atoms with van der Waals surface area (Å²) in [4.78, 5) is 12.3. The number of rotatable bonds is 2. The number of hydrogen-bond donors (Lipinski definition) is 2. The van der Waals surface area contributed by atoms with E-state index in [1.165, 1.54) is 0 Å². The molecule has 0 spiro atoms. The zero-order valence-corrected chi connectivity index (χ0v) is 11.1. The van der Waals surface area contributed by atoms with Crippen molar-refractivity contribution in [1.29, 1.82) is 0 Å². The number of aliphatic hydroxyl groups excluding tert-OH is 1. The maximum absolute atomic E-state index is 12.3. The van der Waals surface area contributed by atoms with E-state index in [0.29, 0.717) is 13.0 Å². The molecule has 0 bridgehead atoms. The van der Waals surface area contributed by atoms with E-state index in [1.54, 1.807) is 0 Å². The summed E-state index contributed by atoms with van der Waals surface area (Å²) < 4.78 is 5.54. The molecule has 4 heteroatoms. The van der Waals surface area contributed by atoms with Gasteiger partial charge in [-0.1, -0.05) is 24.3 Å². The molecule has 1 aliphatic carbocycles. The number of nitrogens with one attached hydrogen (secondary N) is 1. The van der Waals surface area contributed by atoms with Crippen LogP contribution in [0.25, 0.3) is 0 Å². The Kier molecular flexibility index (Phi) is 3.07. The van der Waals surface area contributed by atoms with Crippen molar-refractivity contribution in [1.82, 2.24) is 5.32 Å². The highest BCUT2D eigenvalue weighted by atomic mass is 16.5. The van der Waals surface area contributed by atoms with Crippen molar-refractivity contribution in [2.45, 2.75) is 43.9 Å². The minimum Gasteiger partial charge on any atom is -0.390 e. The number of fused-ring (bicyclic) bond motifs is 1. The molecule has 4 nitrogen and oxygen atoms in total. The van der Waals surface area contributed by atoms with Gasteiger partial charge in [-0.05, 0) is 30.9 Å². The lowest BCUT2D eigenvalue weighted by Gasteiger charge is -2.26. The van der Waals surface area contributed by atoms with Crippen molar-refractivity contribution in [2.75, 3.05) is 6.61 Å². The third-order valence-corrected chi connectivity index (χ3v) is 4.19. The molecule has 0 radical (unpaired) electrons. The van der Waals surface area contributed by atoms with E-state index in [-0.39, 0.29) is 11.9 Å². The van der Waals surface area contributed by atoms with Crippen molar-refractivity contribution in [2.24, 2.45) is 0 Å². The van der Waals surface area contributed by atoms with Crippen LogP contribution in [0, 0.1) is 0 Å². The first-order chi connectivity index (χ1) is 9.10. The number of benzene rings is 1. The molecular weight excluding hydrogens is 242 g/mol. The van der Waals surface area contributed by atoms with Gasteiger partial charge >= 0.3 is 0 Å². The third-order valence-electron chi connectivity index (χ3n) is 4.19. The summed E-state index contributed by atoms with van der Waals surface area (Å²) in [7, 11) is 0. The van der Waals surface area contributed by atoms with Crippen molar-refractivity contribution in [3.05, 3.63) is 35.4 Å². The molecule has 0 saturated carbocycles. The maximum atomic E-state index is 12.3. The first-order valence-corrected chi connectivity index (χ1v) is 6.81. The van der Waals surface area contributed by atoms with E-state index in [0.717, 1.165) is 24.0 Å². The van der Waals surface area contributed by atoms with E-state index in [1.807, 2.05) is 31.2 Å². The fraction of sp³-hybridized carbons (Fsp3) is 0.533. The van der Waals surface area contributed by atoms with Crippen LogP contribution in [0.5, 0.6) is 0 Å². The largest absolute Gasteiger partial charge is 0.390 e. The molecular formula is C15H19NO3. The second-order valence-electron chi connectivity index (χ2n) is 5.60. The number of amides is 1. The average Bonchev–Trinajstić information content (AvgIpc) is 2.96. The van der Waals surface area contributed by atoms with Crippen LogP contribution in [-0.2, 0) is 16.0 Å². The standard InChI is InChI=1S/C15H19NO3/c1-15(7-4-8-19-15)14(18)16-13-11-6-3-2-5-10(11)9-12(13)17/h2-3,5-6,12-13,17H,4,7-9H2,1H3,(H,16,18)/t12-,13+,15?/m1/s1. The molecule has 1 unspecified atom stereocenters. The normalized spacial score (nSPS) is 33.2. The molecule has 1 amide bonds. The Morgan fingerprint density at radius 2 is 2.26 bits per heavy atom. The molecule has 1 aliphatic heterocycles. The molecule has 102 valence electrons. The molecule has 0 aromatic heterocycles. The molecule has 3 rings (SSSR count). The van der Waals surface area contributed by atoms with Crippen molar-refractivity contribution in [3.63, 3.8) is 0 Å². The third kappa shape index (κ3) is 2.15. The lowest BCUT2D eigenvalue weighted by molar-refractivity contribution is -0.141. The van der Waals surface area contributed by atoms with Gasteiger partial charge in [-0.3, -0.25) is 4.79 Å². The van der Waals surface area contributed by atoms with Gasteiger partial charge in [0.15, 0.2) is 0 Å². The van der Waals surface area contributed by atoms with E-state index in [9.17, 15) is 9.90 Å². The predicted octanol–water partition coefficient (Wildman–Crippen LogP) is 1.33. The highest BCUT2D eigenvalue weighted by Crippen LogP contribution is 2.33.